The van der Waals surface area contributed by atoms with Crippen LogP contribution in [-0.4, -0.2) is 29.9 Å². The lowest BCUT2D eigenvalue weighted by molar-refractivity contribution is -0.0199. The van der Waals surface area contributed by atoms with Gasteiger partial charge in [-0.25, -0.2) is 5.01 Å². The van der Waals surface area contributed by atoms with Crippen LogP contribution in [0, 0.1) is 0 Å². The number of ether oxygens (including phenoxy) is 3. The van der Waals surface area contributed by atoms with Gasteiger partial charge in [0, 0.05) is 40.0 Å². The van der Waals surface area contributed by atoms with Gasteiger partial charge in [-0.05, 0) is 52.3 Å². The van der Waals surface area contributed by atoms with Gasteiger partial charge in [-0.1, -0.05) is 22.0 Å². The summed E-state index contributed by atoms with van der Waals surface area (Å²) in [6, 6.07) is 13.9. The first-order chi connectivity index (χ1) is 15.1. The van der Waals surface area contributed by atoms with E-state index in [9.17, 15) is 0 Å². The second-order valence-electron chi connectivity index (χ2n) is 7.28. The molecule has 0 saturated carbocycles. The van der Waals surface area contributed by atoms with Crippen molar-refractivity contribution >= 4 is 37.6 Å². The molecule has 0 bridgehead atoms. The Kier molecular flexibility index (Phi) is 5.35. The van der Waals surface area contributed by atoms with E-state index >= 15 is 0 Å². The van der Waals surface area contributed by atoms with Crippen molar-refractivity contribution in [3.63, 3.8) is 0 Å². The van der Waals surface area contributed by atoms with E-state index in [2.05, 4.69) is 42.9 Å². The zero-order chi connectivity index (χ0) is 21.5. The molecule has 0 amide bonds. The summed E-state index contributed by atoms with van der Waals surface area (Å²) in [5.41, 5.74) is 3.99. The van der Waals surface area contributed by atoms with Gasteiger partial charge in [0.25, 0.3) is 0 Å². The summed E-state index contributed by atoms with van der Waals surface area (Å²) in [5.74, 6) is 2.21. The van der Waals surface area contributed by atoms with Crippen LogP contribution in [0.4, 0.5) is 0 Å². The Morgan fingerprint density at radius 3 is 2.65 bits per heavy atom. The first-order valence-corrected chi connectivity index (χ1v) is 11.3. The molecular weight excluding hydrogens is 526 g/mol. The van der Waals surface area contributed by atoms with E-state index in [0.717, 1.165) is 43.5 Å². The van der Waals surface area contributed by atoms with Gasteiger partial charge in [-0.15, -0.1) is 0 Å². The monoisotopic (exact) mass is 543 g/mol. The molecule has 1 aromatic heterocycles. The van der Waals surface area contributed by atoms with E-state index in [0.29, 0.717) is 11.5 Å². The van der Waals surface area contributed by atoms with Crippen LogP contribution in [0.3, 0.4) is 0 Å². The van der Waals surface area contributed by atoms with Gasteiger partial charge in [0.15, 0.2) is 11.5 Å². The molecule has 0 spiro atoms. The van der Waals surface area contributed by atoms with Crippen LogP contribution in [0.25, 0.3) is 0 Å². The van der Waals surface area contributed by atoms with Crippen LogP contribution in [0.1, 0.15) is 35.4 Å². The van der Waals surface area contributed by atoms with E-state index in [1.165, 1.54) is 0 Å². The number of hydrogen-bond acceptors (Lipinski definition) is 6. The molecule has 158 valence electrons. The maximum Gasteiger partial charge on any atom is 0.215 e. The molecule has 6 nitrogen and oxygen atoms in total. The Morgan fingerprint density at radius 2 is 1.90 bits per heavy atom. The molecule has 2 atom stereocenters. The molecule has 2 aliphatic rings. The number of hydrogen-bond donors (Lipinski definition) is 0. The number of hydrazone groups is 1. The lowest BCUT2D eigenvalue weighted by Gasteiger charge is -2.38. The summed E-state index contributed by atoms with van der Waals surface area (Å²) in [7, 11) is 3.27. The zero-order valence-electron chi connectivity index (χ0n) is 16.9. The first-order valence-electron chi connectivity index (χ1n) is 9.72. The van der Waals surface area contributed by atoms with Crippen LogP contribution >= 0.6 is 31.9 Å². The van der Waals surface area contributed by atoms with Crippen LogP contribution < -0.4 is 14.2 Å². The Morgan fingerprint density at radius 1 is 1.06 bits per heavy atom. The highest BCUT2D eigenvalue weighted by Crippen LogP contribution is 2.51. The third-order valence-corrected chi connectivity index (χ3v) is 6.54. The Labute approximate surface area is 197 Å². The average molecular weight is 545 g/mol. The fraction of sp³-hybridized carbons (Fsp3) is 0.217. The van der Waals surface area contributed by atoms with Crippen LogP contribution in [0.15, 0.2) is 68.9 Å². The van der Waals surface area contributed by atoms with E-state index in [-0.39, 0.29) is 12.3 Å². The lowest BCUT2D eigenvalue weighted by Crippen LogP contribution is -2.34. The van der Waals surface area contributed by atoms with Crippen molar-refractivity contribution in [3.05, 3.63) is 80.5 Å². The summed E-state index contributed by atoms with van der Waals surface area (Å²) >= 11 is 7.28. The molecular formula is C23H19Br2N3O3. The lowest BCUT2D eigenvalue weighted by atomic mass is 9.96. The van der Waals surface area contributed by atoms with Crippen molar-refractivity contribution in [2.75, 3.05) is 14.2 Å². The Balaban J connectivity index is 1.61. The summed E-state index contributed by atoms with van der Waals surface area (Å²) in [5, 5.41) is 7.03. The molecule has 0 fully saturated rings. The largest absolute Gasteiger partial charge is 0.493 e. The SMILES string of the molecule is COc1ccc(C2=NN3[C@H](C2)c2cc(Br)cc(Br)c2O[C@H]3c2cccnc2)cc1OC. The predicted octanol–water partition coefficient (Wildman–Crippen LogP) is 5.87. The van der Waals surface area contributed by atoms with E-state index in [1.807, 2.05) is 47.6 Å². The average Bonchev–Trinajstić information content (AvgIpc) is 3.24. The smallest absolute Gasteiger partial charge is 0.215 e. The van der Waals surface area contributed by atoms with E-state index in [1.54, 1.807) is 20.4 Å². The molecule has 3 aromatic rings. The van der Waals surface area contributed by atoms with Gasteiger partial charge >= 0.3 is 0 Å². The van der Waals surface area contributed by atoms with Gasteiger partial charge in [-0.3, -0.25) is 4.98 Å². The molecule has 5 rings (SSSR count). The highest BCUT2D eigenvalue weighted by Gasteiger charge is 2.42. The van der Waals surface area contributed by atoms with E-state index in [4.69, 9.17) is 19.3 Å². The molecule has 0 unspecified atom stereocenters. The normalized spacial score (nSPS) is 19.2. The molecule has 0 aliphatic carbocycles. The van der Waals surface area contributed by atoms with Gasteiger partial charge in [-0.2, -0.15) is 5.10 Å². The number of aromatic nitrogens is 1. The quantitative estimate of drug-likeness (QED) is 0.411. The van der Waals surface area contributed by atoms with Crippen molar-refractivity contribution in [1.29, 1.82) is 0 Å². The third-order valence-electron chi connectivity index (χ3n) is 5.49. The van der Waals surface area contributed by atoms with E-state index < -0.39 is 0 Å². The third kappa shape index (κ3) is 3.57. The van der Waals surface area contributed by atoms with Gasteiger partial charge < -0.3 is 14.2 Å². The highest BCUT2D eigenvalue weighted by atomic mass is 79.9. The number of benzene rings is 2. The highest BCUT2D eigenvalue weighted by molar-refractivity contribution is 9.11. The fourth-order valence-corrected chi connectivity index (χ4v) is 5.40. The molecule has 2 aromatic carbocycles. The molecule has 31 heavy (non-hydrogen) atoms. The molecule has 3 heterocycles. The molecule has 0 radical (unpaired) electrons. The maximum absolute atomic E-state index is 6.45. The fourth-order valence-electron chi connectivity index (χ4n) is 4.05. The number of rotatable bonds is 4. The molecule has 8 heteroatoms. The number of halogens is 2. The number of fused-ring (bicyclic) bond motifs is 3. The van der Waals surface area contributed by atoms with Gasteiger partial charge in [0.2, 0.25) is 6.23 Å². The van der Waals surface area contributed by atoms with Crippen molar-refractivity contribution in [3.8, 4) is 17.2 Å². The van der Waals surface area contributed by atoms with Crippen molar-refractivity contribution in [1.82, 2.24) is 9.99 Å². The predicted molar refractivity (Wildman–Crippen MR) is 125 cm³/mol. The zero-order valence-corrected chi connectivity index (χ0v) is 20.1. The summed E-state index contributed by atoms with van der Waals surface area (Å²) in [4.78, 5) is 4.28. The van der Waals surface area contributed by atoms with Gasteiger partial charge in [0.1, 0.15) is 5.75 Å². The van der Waals surface area contributed by atoms with Crippen LogP contribution in [0.5, 0.6) is 17.2 Å². The Bertz CT molecular complexity index is 1170. The second kappa shape index (κ2) is 8.16. The minimum atomic E-state index is -0.374. The number of pyridine rings is 1. The number of nitrogens with zero attached hydrogens (tertiary/aromatic N) is 3. The molecule has 0 saturated heterocycles. The summed E-state index contributed by atoms with van der Waals surface area (Å²) < 4.78 is 19.2. The van der Waals surface area contributed by atoms with Crippen molar-refractivity contribution < 1.29 is 14.2 Å². The minimum Gasteiger partial charge on any atom is -0.493 e. The first kappa shape index (κ1) is 20.3. The molecule has 2 aliphatic heterocycles. The van der Waals surface area contributed by atoms with Crippen molar-refractivity contribution in [2.45, 2.75) is 18.7 Å². The van der Waals surface area contributed by atoms with Crippen LogP contribution in [-0.2, 0) is 0 Å². The van der Waals surface area contributed by atoms with Crippen molar-refractivity contribution in [2.24, 2.45) is 5.10 Å². The topological polar surface area (TPSA) is 56.2 Å². The summed E-state index contributed by atoms with van der Waals surface area (Å²) in [6.07, 6.45) is 3.95. The maximum atomic E-state index is 6.45. The van der Waals surface area contributed by atoms with Crippen LogP contribution in [0.2, 0.25) is 0 Å². The Hall–Kier alpha value is -2.58. The summed E-state index contributed by atoms with van der Waals surface area (Å²) in [6.45, 7) is 0. The molecule has 0 N–H and O–H groups in total. The minimum absolute atomic E-state index is 0.0332. The standard InChI is InChI=1S/C23H19Br2N3O3/c1-29-20-6-5-13(8-21(20)30-2)18-11-19-16-9-15(24)10-17(25)22(16)31-23(28(19)27-18)14-4-3-7-26-12-14/h3-10,12,19,23H,11H2,1-2H3/t19-,23+/m1/s1. The second-order valence-corrected chi connectivity index (χ2v) is 9.05. The van der Waals surface area contributed by atoms with Gasteiger partial charge in [0.05, 0.1) is 30.4 Å². The number of methoxy groups -OCH3 is 2.